The molecular weight excluding hydrogens is 239 g/mol. The average molecular weight is 257 g/mol. The third kappa shape index (κ3) is 3.40. The van der Waals surface area contributed by atoms with Crippen LogP contribution in [0, 0.1) is 12.8 Å². The summed E-state index contributed by atoms with van der Waals surface area (Å²) in [6.45, 7) is 3.85. The van der Waals surface area contributed by atoms with E-state index in [4.69, 9.17) is 0 Å². The predicted octanol–water partition coefficient (Wildman–Crippen LogP) is 4.61. The van der Waals surface area contributed by atoms with Crippen LogP contribution in [0.2, 0.25) is 0 Å². The molecule has 1 nitrogen and oxygen atoms in total. The van der Waals surface area contributed by atoms with E-state index in [2.05, 4.69) is 5.32 Å². The molecular formula is C14H18F3N. The highest BCUT2D eigenvalue weighted by atomic mass is 19.4. The van der Waals surface area contributed by atoms with Crippen molar-refractivity contribution in [3.8, 4) is 0 Å². The molecule has 1 aromatic rings. The zero-order chi connectivity index (χ0) is 13.3. The van der Waals surface area contributed by atoms with Crippen molar-refractivity contribution < 1.29 is 13.2 Å². The van der Waals surface area contributed by atoms with E-state index in [9.17, 15) is 13.2 Å². The second kappa shape index (κ2) is 4.82. The summed E-state index contributed by atoms with van der Waals surface area (Å²) in [4.78, 5) is 0. The summed E-state index contributed by atoms with van der Waals surface area (Å²) in [5, 5.41) is 3.19. The monoisotopic (exact) mass is 257 g/mol. The Morgan fingerprint density at radius 2 is 2.00 bits per heavy atom. The molecule has 0 aliphatic heterocycles. The minimum Gasteiger partial charge on any atom is -0.382 e. The maximum Gasteiger partial charge on any atom is 0.416 e. The van der Waals surface area contributed by atoms with Crippen molar-refractivity contribution in [2.45, 2.75) is 45.3 Å². The molecule has 1 aliphatic carbocycles. The lowest BCUT2D eigenvalue weighted by Crippen LogP contribution is -2.17. The third-order valence-electron chi connectivity index (χ3n) is 3.35. The molecule has 4 heteroatoms. The normalized spacial score (nSPS) is 17.6. The molecule has 100 valence electrons. The van der Waals surface area contributed by atoms with E-state index in [1.807, 2.05) is 13.8 Å². The third-order valence-corrected chi connectivity index (χ3v) is 3.35. The molecule has 0 amide bonds. The van der Waals surface area contributed by atoms with Crippen molar-refractivity contribution in [2.75, 3.05) is 5.32 Å². The van der Waals surface area contributed by atoms with Gasteiger partial charge < -0.3 is 5.32 Å². The minimum absolute atomic E-state index is 0.222. The summed E-state index contributed by atoms with van der Waals surface area (Å²) in [6.07, 6.45) is -0.721. The number of benzene rings is 1. The molecule has 0 aromatic heterocycles. The second-order valence-electron chi connectivity index (χ2n) is 5.25. The first kappa shape index (κ1) is 13.2. The smallest absolute Gasteiger partial charge is 0.382 e. The van der Waals surface area contributed by atoms with E-state index < -0.39 is 11.7 Å². The van der Waals surface area contributed by atoms with E-state index in [1.54, 1.807) is 0 Å². The SMILES string of the molecule is Cc1ccc(C(F)(F)F)cc1NC(C)CC1CC1. The van der Waals surface area contributed by atoms with Crippen LogP contribution in [0.25, 0.3) is 0 Å². The Labute approximate surface area is 105 Å². The summed E-state index contributed by atoms with van der Waals surface area (Å²) in [7, 11) is 0. The van der Waals surface area contributed by atoms with Gasteiger partial charge in [0, 0.05) is 11.7 Å². The van der Waals surface area contributed by atoms with Gasteiger partial charge in [-0.3, -0.25) is 0 Å². The highest BCUT2D eigenvalue weighted by Crippen LogP contribution is 2.35. The van der Waals surface area contributed by atoms with Crippen LogP contribution in [0.4, 0.5) is 18.9 Å². The number of alkyl halides is 3. The molecule has 0 spiro atoms. The molecule has 1 atom stereocenters. The van der Waals surface area contributed by atoms with Crippen molar-refractivity contribution in [3.63, 3.8) is 0 Å². The van der Waals surface area contributed by atoms with Crippen molar-refractivity contribution >= 4 is 5.69 Å². The number of anilines is 1. The van der Waals surface area contributed by atoms with Crippen LogP contribution in [0.15, 0.2) is 18.2 Å². The molecule has 1 aliphatic rings. The molecule has 1 aromatic carbocycles. The van der Waals surface area contributed by atoms with E-state index in [1.165, 1.54) is 25.0 Å². The molecule has 1 fully saturated rings. The number of rotatable bonds is 4. The van der Waals surface area contributed by atoms with Gasteiger partial charge >= 0.3 is 6.18 Å². The Morgan fingerprint density at radius 3 is 2.56 bits per heavy atom. The summed E-state index contributed by atoms with van der Waals surface area (Å²) in [5.41, 5.74) is 0.859. The molecule has 1 saturated carbocycles. The first-order valence-corrected chi connectivity index (χ1v) is 6.30. The summed E-state index contributed by atoms with van der Waals surface area (Å²) in [6, 6.07) is 4.08. The molecule has 2 rings (SSSR count). The van der Waals surface area contributed by atoms with E-state index in [-0.39, 0.29) is 6.04 Å². The molecule has 1 N–H and O–H groups in total. The highest BCUT2D eigenvalue weighted by Gasteiger charge is 2.31. The Balaban J connectivity index is 2.10. The van der Waals surface area contributed by atoms with Crippen LogP contribution < -0.4 is 5.32 Å². The Hall–Kier alpha value is -1.19. The standard InChI is InChI=1S/C14H18F3N/c1-9-3-6-12(14(15,16)17)8-13(9)18-10(2)7-11-4-5-11/h3,6,8,10-11,18H,4-5,7H2,1-2H3. The Bertz CT molecular complexity index is 422. The van der Waals surface area contributed by atoms with Crippen molar-refractivity contribution in [1.82, 2.24) is 0 Å². The van der Waals surface area contributed by atoms with Gasteiger partial charge in [-0.2, -0.15) is 13.2 Å². The zero-order valence-electron chi connectivity index (χ0n) is 10.6. The fourth-order valence-electron chi connectivity index (χ4n) is 2.13. The molecule has 0 radical (unpaired) electrons. The number of nitrogens with one attached hydrogen (secondary N) is 1. The summed E-state index contributed by atoms with van der Waals surface area (Å²) >= 11 is 0. The molecule has 0 saturated heterocycles. The maximum absolute atomic E-state index is 12.6. The molecule has 0 bridgehead atoms. The van der Waals surface area contributed by atoms with Gasteiger partial charge in [-0.05, 0) is 43.9 Å². The van der Waals surface area contributed by atoms with Crippen molar-refractivity contribution in [2.24, 2.45) is 5.92 Å². The number of hydrogen-bond acceptors (Lipinski definition) is 1. The second-order valence-corrected chi connectivity index (χ2v) is 5.25. The number of halogens is 3. The van der Waals surface area contributed by atoms with Crippen LogP contribution in [0.5, 0.6) is 0 Å². The maximum atomic E-state index is 12.6. The molecule has 1 unspecified atom stereocenters. The molecule has 0 heterocycles. The van der Waals surface area contributed by atoms with Crippen LogP contribution in [-0.2, 0) is 6.18 Å². The highest BCUT2D eigenvalue weighted by molar-refractivity contribution is 5.53. The first-order valence-electron chi connectivity index (χ1n) is 6.30. The van der Waals surface area contributed by atoms with Gasteiger partial charge in [-0.25, -0.2) is 0 Å². The van der Waals surface area contributed by atoms with Crippen LogP contribution >= 0.6 is 0 Å². The van der Waals surface area contributed by atoms with Crippen LogP contribution in [0.3, 0.4) is 0 Å². The quantitative estimate of drug-likeness (QED) is 0.830. The van der Waals surface area contributed by atoms with Gasteiger partial charge in [0.1, 0.15) is 0 Å². The zero-order valence-corrected chi connectivity index (χ0v) is 10.6. The lowest BCUT2D eigenvalue weighted by molar-refractivity contribution is -0.137. The van der Waals surface area contributed by atoms with Crippen molar-refractivity contribution in [3.05, 3.63) is 29.3 Å². The lowest BCUT2D eigenvalue weighted by atomic mass is 10.1. The number of hydrogen-bond donors (Lipinski definition) is 1. The Morgan fingerprint density at radius 1 is 1.33 bits per heavy atom. The van der Waals surface area contributed by atoms with E-state index >= 15 is 0 Å². The van der Waals surface area contributed by atoms with Gasteiger partial charge in [-0.1, -0.05) is 18.9 Å². The molecule has 18 heavy (non-hydrogen) atoms. The largest absolute Gasteiger partial charge is 0.416 e. The van der Waals surface area contributed by atoms with Crippen LogP contribution in [0.1, 0.15) is 37.3 Å². The topological polar surface area (TPSA) is 12.0 Å². The van der Waals surface area contributed by atoms with Gasteiger partial charge in [0.25, 0.3) is 0 Å². The first-order chi connectivity index (χ1) is 8.36. The fraction of sp³-hybridized carbons (Fsp3) is 0.571. The van der Waals surface area contributed by atoms with Crippen LogP contribution in [-0.4, -0.2) is 6.04 Å². The fourth-order valence-corrected chi connectivity index (χ4v) is 2.13. The van der Waals surface area contributed by atoms with Crippen molar-refractivity contribution in [1.29, 1.82) is 0 Å². The summed E-state index contributed by atoms with van der Waals surface area (Å²) < 4.78 is 37.9. The van der Waals surface area contributed by atoms with E-state index in [0.717, 1.165) is 24.0 Å². The predicted molar refractivity (Wildman–Crippen MR) is 66.6 cm³/mol. The average Bonchev–Trinajstić information content (AvgIpc) is 3.03. The number of aryl methyl sites for hydroxylation is 1. The van der Waals surface area contributed by atoms with Gasteiger partial charge in [0.05, 0.1) is 5.56 Å². The van der Waals surface area contributed by atoms with E-state index in [0.29, 0.717) is 5.69 Å². The lowest BCUT2D eigenvalue weighted by Gasteiger charge is -2.18. The van der Waals surface area contributed by atoms with Gasteiger partial charge in [0.2, 0.25) is 0 Å². The van der Waals surface area contributed by atoms with Gasteiger partial charge in [-0.15, -0.1) is 0 Å². The van der Waals surface area contributed by atoms with Gasteiger partial charge in [0.15, 0.2) is 0 Å². The Kier molecular flexibility index (Phi) is 3.55. The summed E-state index contributed by atoms with van der Waals surface area (Å²) in [5.74, 6) is 0.763. The minimum atomic E-state index is -4.27.